The number of carbonyl (C=O) groups is 1. The molecule has 0 atom stereocenters. The molecule has 0 aliphatic rings. The first-order chi connectivity index (χ1) is 14.2. The summed E-state index contributed by atoms with van der Waals surface area (Å²) in [5.41, 5.74) is 4.13. The molecule has 0 aromatic heterocycles. The molecular formula is C23H23ClN2O3S. The number of hydrogen-bond donors (Lipinski definition) is 2. The Labute approximate surface area is 182 Å². The van der Waals surface area contributed by atoms with Crippen LogP contribution in [-0.4, -0.2) is 14.3 Å². The van der Waals surface area contributed by atoms with Crippen LogP contribution in [0.25, 0.3) is 0 Å². The Morgan fingerprint density at radius 2 is 1.60 bits per heavy atom. The Balaban J connectivity index is 1.82. The highest BCUT2D eigenvalue weighted by Crippen LogP contribution is 2.23. The highest BCUT2D eigenvalue weighted by atomic mass is 35.5. The summed E-state index contributed by atoms with van der Waals surface area (Å²) in [7, 11) is -3.85. The average Bonchev–Trinajstić information content (AvgIpc) is 2.70. The summed E-state index contributed by atoms with van der Waals surface area (Å²) < 4.78 is 28.5. The molecule has 0 aliphatic carbocycles. The molecule has 0 heterocycles. The molecule has 156 valence electrons. The second-order valence-corrected chi connectivity index (χ2v) is 9.22. The molecule has 0 spiro atoms. The van der Waals surface area contributed by atoms with Crippen molar-refractivity contribution in [1.29, 1.82) is 0 Å². The van der Waals surface area contributed by atoms with Gasteiger partial charge in [-0.1, -0.05) is 41.9 Å². The van der Waals surface area contributed by atoms with Gasteiger partial charge in [0.25, 0.3) is 15.9 Å². The van der Waals surface area contributed by atoms with E-state index >= 15 is 0 Å². The van der Waals surface area contributed by atoms with Crippen molar-refractivity contribution in [2.75, 3.05) is 4.72 Å². The molecule has 0 saturated carbocycles. The smallest absolute Gasteiger partial charge is 0.262 e. The van der Waals surface area contributed by atoms with Crippen LogP contribution in [0.4, 0.5) is 5.69 Å². The number of hydrogen-bond acceptors (Lipinski definition) is 3. The van der Waals surface area contributed by atoms with E-state index in [-0.39, 0.29) is 22.9 Å². The molecule has 0 radical (unpaired) electrons. The number of anilines is 1. The summed E-state index contributed by atoms with van der Waals surface area (Å²) in [6.45, 7) is 5.82. The van der Waals surface area contributed by atoms with Crippen molar-refractivity contribution in [3.63, 3.8) is 0 Å². The van der Waals surface area contributed by atoms with Crippen LogP contribution in [0.5, 0.6) is 0 Å². The zero-order valence-corrected chi connectivity index (χ0v) is 18.6. The first-order valence-corrected chi connectivity index (χ1v) is 11.3. The van der Waals surface area contributed by atoms with Crippen LogP contribution >= 0.6 is 11.6 Å². The van der Waals surface area contributed by atoms with Gasteiger partial charge >= 0.3 is 0 Å². The molecule has 5 nitrogen and oxygen atoms in total. The molecule has 0 saturated heterocycles. The minimum absolute atomic E-state index is 0.0612. The zero-order chi connectivity index (χ0) is 21.9. The topological polar surface area (TPSA) is 75.3 Å². The third kappa shape index (κ3) is 5.01. The number of amides is 1. The lowest BCUT2D eigenvalue weighted by atomic mass is 10.1. The van der Waals surface area contributed by atoms with Gasteiger partial charge in [-0.15, -0.1) is 0 Å². The van der Waals surface area contributed by atoms with Gasteiger partial charge in [0.2, 0.25) is 0 Å². The number of rotatable bonds is 6. The Hall–Kier alpha value is -2.83. The van der Waals surface area contributed by atoms with E-state index in [2.05, 4.69) is 10.0 Å². The molecule has 3 aromatic carbocycles. The lowest BCUT2D eigenvalue weighted by Gasteiger charge is -2.13. The second kappa shape index (κ2) is 8.90. The van der Waals surface area contributed by atoms with Gasteiger partial charge in [-0.2, -0.15) is 0 Å². The highest BCUT2D eigenvalue weighted by molar-refractivity contribution is 7.92. The molecule has 0 aliphatic heterocycles. The lowest BCUT2D eigenvalue weighted by molar-refractivity contribution is 0.0950. The monoisotopic (exact) mass is 442 g/mol. The van der Waals surface area contributed by atoms with Crippen LogP contribution in [0.3, 0.4) is 0 Å². The van der Waals surface area contributed by atoms with Gasteiger partial charge in [-0.05, 0) is 73.4 Å². The summed E-state index contributed by atoms with van der Waals surface area (Å²) in [5, 5.41) is 3.34. The number of aryl methyl sites for hydroxylation is 3. The Morgan fingerprint density at radius 1 is 0.900 bits per heavy atom. The van der Waals surface area contributed by atoms with Gasteiger partial charge < -0.3 is 5.32 Å². The van der Waals surface area contributed by atoms with Crippen LogP contribution in [0.1, 0.15) is 32.6 Å². The van der Waals surface area contributed by atoms with Crippen molar-refractivity contribution in [2.45, 2.75) is 32.2 Å². The predicted octanol–water partition coefficient (Wildman–Crippen LogP) is 5.00. The second-order valence-electron chi connectivity index (χ2n) is 7.16. The van der Waals surface area contributed by atoms with E-state index in [9.17, 15) is 13.2 Å². The van der Waals surface area contributed by atoms with Crippen molar-refractivity contribution in [3.05, 3.63) is 93.5 Å². The third-order valence-electron chi connectivity index (χ3n) is 4.90. The molecule has 0 unspecified atom stereocenters. The van der Waals surface area contributed by atoms with Gasteiger partial charge in [-0.25, -0.2) is 8.42 Å². The largest absolute Gasteiger partial charge is 0.348 e. The summed E-state index contributed by atoms with van der Waals surface area (Å²) in [6.07, 6.45) is 0. The molecule has 3 aromatic rings. The van der Waals surface area contributed by atoms with E-state index in [0.29, 0.717) is 16.3 Å². The summed E-state index contributed by atoms with van der Waals surface area (Å²) >= 11 is 6.12. The number of benzene rings is 3. The third-order valence-corrected chi connectivity index (χ3v) is 6.79. The van der Waals surface area contributed by atoms with Crippen LogP contribution in [-0.2, 0) is 16.6 Å². The average molecular weight is 443 g/mol. The first kappa shape index (κ1) is 21.9. The minimum atomic E-state index is -3.85. The van der Waals surface area contributed by atoms with E-state index in [4.69, 9.17) is 11.6 Å². The first-order valence-electron chi connectivity index (χ1n) is 9.40. The van der Waals surface area contributed by atoms with Crippen molar-refractivity contribution >= 4 is 33.2 Å². The van der Waals surface area contributed by atoms with Crippen LogP contribution < -0.4 is 10.0 Å². The standard InChI is InChI=1S/C23H23ClN2O3S/c1-15-9-11-20(12-17(15)3)26-30(28,29)22-13-18(10-8-16(22)2)23(27)25-14-19-6-4-5-7-21(19)24/h4-13,26H,14H2,1-3H3,(H,25,27). The van der Waals surface area contributed by atoms with Gasteiger partial charge in [0.05, 0.1) is 4.90 Å². The fourth-order valence-electron chi connectivity index (χ4n) is 2.97. The van der Waals surface area contributed by atoms with Crippen molar-refractivity contribution in [1.82, 2.24) is 5.32 Å². The van der Waals surface area contributed by atoms with Gasteiger partial charge in [0.15, 0.2) is 0 Å². The van der Waals surface area contributed by atoms with Crippen molar-refractivity contribution < 1.29 is 13.2 Å². The van der Waals surface area contributed by atoms with E-state index < -0.39 is 10.0 Å². The summed E-state index contributed by atoms with van der Waals surface area (Å²) in [4.78, 5) is 12.7. The number of sulfonamides is 1. The Bertz CT molecular complexity index is 1210. The van der Waals surface area contributed by atoms with E-state index in [1.165, 1.54) is 6.07 Å². The molecule has 3 rings (SSSR count). The predicted molar refractivity (Wildman–Crippen MR) is 121 cm³/mol. The minimum Gasteiger partial charge on any atom is -0.348 e. The maximum atomic E-state index is 13.0. The quantitative estimate of drug-likeness (QED) is 0.564. The zero-order valence-electron chi connectivity index (χ0n) is 17.0. The number of halogens is 1. The SMILES string of the molecule is Cc1ccc(NS(=O)(=O)c2cc(C(=O)NCc3ccccc3Cl)ccc2C)cc1C. The van der Waals surface area contributed by atoms with Crippen LogP contribution in [0, 0.1) is 20.8 Å². The molecule has 2 N–H and O–H groups in total. The molecule has 30 heavy (non-hydrogen) atoms. The van der Waals surface area contributed by atoms with E-state index in [1.54, 1.807) is 37.3 Å². The highest BCUT2D eigenvalue weighted by Gasteiger charge is 2.19. The fourth-order valence-corrected chi connectivity index (χ4v) is 4.49. The fraction of sp³-hybridized carbons (Fsp3) is 0.174. The van der Waals surface area contributed by atoms with Gasteiger partial charge in [0, 0.05) is 22.8 Å². The maximum Gasteiger partial charge on any atom is 0.262 e. The molecule has 0 fully saturated rings. The lowest BCUT2D eigenvalue weighted by Crippen LogP contribution is -2.23. The summed E-state index contributed by atoms with van der Waals surface area (Å²) in [6, 6.07) is 17.2. The maximum absolute atomic E-state index is 13.0. The van der Waals surface area contributed by atoms with E-state index in [1.807, 2.05) is 38.1 Å². The normalized spacial score (nSPS) is 11.2. The summed E-state index contributed by atoms with van der Waals surface area (Å²) in [5.74, 6) is -0.377. The number of carbonyl (C=O) groups excluding carboxylic acids is 1. The van der Waals surface area contributed by atoms with Gasteiger partial charge in [-0.3, -0.25) is 9.52 Å². The Morgan fingerprint density at radius 3 is 2.30 bits per heavy atom. The number of nitrogens with one attached hydrogen (secondary N) is 2. The Kier molecular flexibility index (Phi) is 6.48. The van der Waals surface area contributed by atoms with Crippen molar-refractivity contribution in [3.8, 4) is 0 Å². The molecule has 1 amide bonds. The van der Waals surface area contributed by atoms with E-state index in [0.717, 1.165) is 16.7 Å². The van der Waals surface area contributed by atoms with Crippen LogP contribution in [0.2, 0.25) is 5.02 Å². The molecular weight excluding hydrogens is 420 g/mol. The van der Waals surface area contributed by atoms with Crippen molar-refractivity contribution in [2.24, 2.45) is 0 Å². The molecule has 0 bridgehead atoms. The van der Waals surface area contributed by atoms with Crippen LogP contribution in [0.15, 0.2) is 65.6 Å². The van der Waals surface area contributed by atoms with Gasteiger partial charge in [0.1, 0.15) is 0 Å². The molecule has 7 heteroatoms.